The Morgan fingerprint density at radius 1 is 1.50 bits per heavy atom. The molecule has 0 unspecified atom stereocenters. The zero-order valence-corrected chi connectivity index (χ0v) is 6.65. The van der Waals surface area contributed by atoms with Gasteiger partial charge in [0, 0.05) is 11.8 Å². The van der Waals surface area contributed by atoms with Gasteiger partial charge in [-0.3, -0.25) is 4.98 Å². The summed E-state index contributed by atoms with van der Waals surface area (Å²) in [6.07, 6.45) is -1.59. The smallest absolute Gasteiger partial charge is 0.256 e. The molecule has 0 aliphatic heterocycles. The van der Waals surface area contributed by atoms with Gasteiger partial charge in [0.2, 0.25) is 0 Å². The van der Waals surface area contributed by atoms with Gasteiger partial charge in [0.1, 0.15) is 6.67 Å². The van der Waals surface area contributed by atoms with Crippen LogP contribution in [0.1, 0.15) is 17.7 Å². The lowest BCUT2D eigenvalue weighted by Crippen LogP contribution is -1.95. The molecule has 0 aliphatic carbocycles. The summed E-state index contributed by atoms with van der Waals surface area (Å²) in [4.78, 5) is 3.43. The van der Waals surface area contributed by atoms with Crippen LogP contribution in [0.25, 0.3) is 0 Å². The van der Waals surface area contributed by atoms with Crippen LogP contribution in [0, 0.1) is 0 Å². The molecular formula is C7H5ClF3N. The quantitative estimate of drug-likeness (QED) is 0.707. The van der Waals surface area contributed by atoms with Crippen LogP contribution in [0.4, 0.5) is 13.2 Å². The summed E-state index contributed by atoms with van der Waals surface area (Å²) < 4.78 is 36.3. The van der Waals surface area contributed by atoms with Gasteiger partial charge < -0.3 is 0 Å². The van der Waals surface area contributed by atoms with Crippen molar-refractivity contribution in [3.63, 3.8) is 0 Å². The fourth-order valence-corrected chi connectivity index (χ4v) is 0.950. The highest BCUT2D eigenvalue weighted by atomic mass is 35.5. The summed E-state index contributed by atoms with van der Waals surface area (Å²) >= 11 is 5.40. The minimum Gasteiger partial charge on any atom is -0.256 e. The predicted molar refractivity (Wildman–Crippen MR) is 39.0 cm³/mol. The molecule has 12 heavy (non-hydrogen) atoms. The first kappa shape index (κ1) is 9.32. The van der Waals surface area contributed by atoms with Crippen LogP contribution < -0.4 is 0 Å². The molecule has 1 aromatic rings. The average Bonchev–Trinajstić information content (AvgIpc) is 2.04. The molecule has 1 heterocycles. The predicted octanol–water partition coefficient (Wildman–Crippen LogP) is 3.14. The van der Waals surface area contributed by atoms with Gasteiger partial charge in [-0.05, 0) is 6.07 Å². The summed E-state index contributed by atoms with van der Waals surface area (Å²) in [5, 5.41) is 0.0856. The van der Waals surface area contributed by atoms with E-state index in [4.69, 9.17) is 11.6 Å². The van der Waals surface area contributed by atoms with E-state index < -0.39 is 18.7 Å². The van der Waals surface area contributed by atoms with E-state index in [-0.39, 0.29) is 10.7 Å². The zero-order valence-electron chi connectivity index (χ0n) is 5.90. The second-order valence-electron chi connectivity index (χ2n) is 2.12. The third kappa shape index (κ3) is 1.88. The van der Waals surface area contributed by atoms with E-state index in [1.807, 2.05) is 0 Å². The number of rotatable bonds is 2. The molecule has 0 saturated carbocycles. The van der Waals surface area contributed by atoms with E-state index in [0.29, 0.717) is 0 Å². The standard InChI is InChI=1S/C7H5ClF3N/c8-4-1-5(7(10)11)6(2-9)12-3-4/h1,3,7H,2H2. The lowest BCUT2D eigenvalue weighted by molar-refractivity contribution is 0.148. The van der Waals surface area contributed by atoms with E-state index in [1.54, 1.807) is 0 Å². The third-order valence-corrected chi connectivity index (χ3v) is 1.54. The topological polar surface area (TPSA) is 12.9 Å². The maximum atomic E-state index is 12.1. The molecule has 0 saturated heterocycles. The van der Waals surface area contributed by atoms with Gasteiger partial charge in [-0.25, -0.2) is 13.2 Å². The van der Waals surface area contributed by atoms with E-state index in [0.717, 1.165) is 12.3 Å². The second-order valence-corrected chi connectivity index (χ2v) is 2.56. The van der Waals surface area contributed by atoms with Gasteiger partial charge in [-0.15, -0.1) is 0 Å². The molecule has 1 aromatic heterocycles. The molecule has 0 bridgehead atoms. The van der Waals surface area contributed by atoms with Crippen molar-refractivity contribution in [2.75, 3.05) is 0 Å². The molecule has 0 N–H and O–H groups in total. The Morgan fingerprint density at radius 3 is 2.67 bits per heavy atom. The third-order valence-electron chi connectivity index (χ3n) is 1.33. The molecule has 0 radical (unpaired) electrons. The van der Waals surface area contributed by atoms with Crippen LogP contribution in [0.5, 0.6) is 0 Å². The summed E-state index contributed by atoms with van der Waals surface area (Å²) in [6.45, 7) is -1.00. The Labute approximate surface area is 72.2 Å². The van der Waals surface area contributed by atoms with Gasteiger partial charge in [0.15, 0.2) is 0 Å². The fraction of sp³-hybridized carbons (Fsp3) is 0.286. The summed E-state index contributed by atoms with van der Waals surface area (Å²) in [5.74, 6) is 0. The van der Waals surface area contributed by atoms with Crippen molar-refractivity contribution in [2.24, 2.45) is 0 Å². The van der Waals surface area contributed by atoms with Crippen LogP contribution in [0.3, 0.4) is 0 Å². The van der Waals surface area contributed by atoms with Crippen molar-refractivity contribution in [3.05, 3.63) is 28.5 Å². The van der Waals surface area contributed by atoms with E-state index >= 15 is 0 Å². The molecule has 0 fully saturated rings. The lowest BCUT2D eigenvalue weighted by atomic mass is 10.2. The molecule has 1 nitrogen and oxygen atoms in total. The van der Waals surface area contributed by atoms with Gasteiger partial charge in [-0.2, -0.15) is 0 Å². The maximum absolute atomic E-state index is 12.1. The van der Waals surface area contributed by atoms with Gasteiger partial charge in [0.25, 0.3) is 6.43 Å². The first-order valence-corrected chi connectivity index (χ1v) is 3.51. The minimum atomic E-state index is -2.73. The van der Waals surface area contributed by atoms with Gasteiger partial charge >= 0.3 is 0 Å². The van der Waals surface area contributed by atoms with Crippen molar-refractivity contribution in [2.45, 2.75) is 13.1 Å². The fourth-order valence-electron chi connectivity index (χ4n) is 0.784. The van der Waals surface area contributed by atoms with Crippen molar-refractivity contribution >= 4 is 11.6 Å². The zero-order chi connectivity index (χ0) is 9.14. The van der Waals surface area contributed by atoms with Gasteiger partial charge in [-0.1, -0.05) is 11.6 Å². The highest BCUT2D eigenvalue weighted by Gasteiger charge is 2.14. The summed E-state index contributed by atoms with van der Waals surface area (Å²) in [7, 11) is 0. The molecule has 0 atom stereocenters. The first-order chi connectivity index (χ1) is 5.65. The molecule has 0 aliphatic rings. The average molecular weight is 196 g/mol. The largest absolute Gasteiger partial charge is 0.265 e. The molecular weight excluding hydrogens is 191 g/mol. The van der Waals surface area contributed by atoms with Crippen molar-refractivity contribution < 1.29 is 13.2 Å². The Morgan fingerprint density at radius 2 is 2.17 bits per heavy atom. The van der Waals surface area contributed by atoms with Crippen LogP contribution in [0.2, 0.25) is 5.02 Å². The monoisotopic (exact) mass is 195 g/mol. The number of alkyl halides is 3. The van der Waals surface area contributed by atoms with Gasteiger partial charge in [0.05, 0.1) is 10.7 Å². The van der Waals surface area contributed by atoms with E-state index in [2.05, 4.69) is 4.98 Å². The lowest BCUT2D eigenvalue weighted by Gasteiger charge is -2.03. The highest BCUT2D eigenvalue weighted by Crippen LogP contribution is 2.24. The van der Waals surface area contributed by atoms with E-state index in [9.17, 15) is 13.2 Å². The second kappa shape index (κ2) is 3.76. The Bertz CT molecular complexity index is 277. The highest BCUT2D eigenvalue weighted by molar-refractivity contribution is 6.30. The minimum absolute atomic E-state index is 0.0856. The first-order valence-electron chi connectivity index (χ1n) is 3.13. The maximum Gasteiger partial charge on any atom is 0.265 e. The summed E-state index contributed by atoms with van der Waals surface area (Å²) in [6, 6.07) is 1.02. The van der Waals surface area contributed by atoms with Crippen LogP contribution in [0.15, 0.2) is 12.3 Å². The number of hydrogen-bond acceptors (Lipinski definition) is 1. The Kier molecular flexibility index (Phi) is 2.92. The molecule has 0 aromatic carbocycles. The summed E-state index contributed by atoms with van der Waals surface area (Å²) in [5.41, 5.74) is -0.695. The number of nitrogens with zero attached hydrogens (tertiary/aromatic N) is 1. The van der Waals surface area contributed by atoms with Crippen LogP contribution in [-0.2, 0) is 6.67 Å². The number of halogens is 4. The molecule has 1 rings (SSSR count). The van der Waals surface area contributed by atoms with Crippen molar-refractivity contribution in [1.82, 2.24) is 4.98 Å². The number of pyridine rings is 1. The van der Waals surface area contributed by atoms with Crippen LogP contribution in [-0.4, -0.2) is 4.98 Å². The molecule has 66 valence electrons. The normalized spacial score (nSPS) is 10.8. The van der Waals surface area contributed by atoms with Crippen molar-refractivity contribution in [3.8, 4) is 0 Å². The Balaban J connectivity index is 3.12. The Hall–Kier alpha value is -0.770. The van der Waals surface area contributed by atoms with Crippen LogP contribution >= 0.6 is 11.6 Å². The molecule has 0 spiro atoms. The SMILES string of the molecule is FCc1ncc(Cl)cc1C(F)F. The van der Waals surface area contributed by atoms with E-state index in [1.165, 1.54) is 0 Å². The molecule has 0 amide bonds. The number of aromatic nitrogens is 1. The van der Waals surface area contributed by atoms with Crippen molar-refractivity contribution in [1.29, 1.82) is 0 Å². The molecule has 5 heteroatoms. The number of hydrogen-bond donors (Lipinski definition) is 0.